The molecule has 1 saturated heterocycles. The number of carbonyl (C=O) groups is 2. The number of amides is 2. The van der Waals surface area contributed by atoms with Crippen molar-refractivity contribution < 1.29 is 19.1 Å². The maximum absolute atomic E-state index is 12.5. The Hall–Kier alpha value is -3.30. The van der Waals surface area contributed by atoms with Gasteiger partial charge in [-0.15, -0.1) is 10.2 Å². The minimum Gasteiger partial charge on any atom is -0.486 e. The Morgan fingerprint density at radius 2 is 1.94 bits per heavy atom. The summed E-state index contributed by atoms with van der Waals surface area (Å²) in [6.45, 7) is 3.47. The molecule has 0 bridgehead atoms. The van der Waals surface area contributed by atoms with Crippen molar-refractivity contribution in [1.82, 2.24) is 15.5 Å². The van der Waals surface area contributed by atoms with E-state index in [1.54, 1.807) is 24.3 Å². The highest BCUT2D eigenvalue weighted by atomic mass is 32.1. The number of anilines is 1. The molecule has 9 heteroatoms. The van der Waals surface area contributed by atoms with Gasteiger partial charge < -0.3 is 20.1 Å². The maximum atomic E-state index is 12.5. The third kappa shape index (κ3) is 5.68. The number of hydrogen-bond acceptors (Lipinski definition) is 7. The van der Waals surface area contributed by atoms with E-state index >= 15 is 0 Å². The van der Waals surface area contributed by atoms with E-state index in [4.69, 9.17) is 9.47 Å². The van der Waals surface area contributed by atoms with E-state index in [9.17, 15) is 9.59 Å². The van der Waals surface area contributed by atoms with Crippen molar-refractivity contribution in [3.05, 3.63) is 69.7 Å². The van der Waals surface area contributed by atoms with Crippen LogP contribution in [-0.4, -0.2) is 41.3 Å². The van der Waals surface area contributed by atoms with E-state index in [0.29, 0.717) is 22.8 Å². The van der Waals surface area contributed by atoms with Crippen molar-refractivity contribution in [1.29, 1.82) is 0 Å². The first-order valence-electron chi connectivity index (χ1n) is 10.4. The normalized spacial score (nSPS) is 15.3. The van der Waals surface area contributed by atoms with Crippen molar-refractivity contribution in [2.75, 3.05) is 18.5 Å². The van der Waals surface area contributed by atoms with E-state index in [-0.39, 0.29) is 29.5 Å². The molecule has 1 aliphatic rings. The van der Waals surface area contributed by atoms with Gasteiger partial charge in [-0.2, -0.15) is 0 Å². The van der Waals surface area contributed by atoms with Crippen LogP contribution in [0.2, 0.25) is 0 Å². The highest BCUT2D eigenvalue weighted by molar-refractivity contribution is 7.13. The first-order chi connectivity index (χ1) is 15.6. The smallest absolute Gasteiger partial charge is 0.286 e. The third-order valence-electron chi connectivity index (χ3n) is 5.03. The average molecular weight is 453 g/mol. The summed E-state index contributed by atoms with van der Waals surface area (Å²) in [4.78, 5) is 24.7. The second kappa shape index (κ2) is 10.3. The topological polar surface area (TPSA) is 102 Å². The minimum absolute atomic E-state index is 0.0939. The Bertz CT molecular complexity index is 1080. The molecule has 2 heterocycles. The molecular weight excluding hydrogens is 428 g/mol. The van der Waals surface area contributed by atoms with Crippen LogP contribution in [-0.2, 0) is 11.3 Å². The van der Waals surface area contributed by atoms with Crippen LogP contribution in [0.4, 0.5) is 5.69 Å². The fraction of sp³-hybridized carbons (Fsp3) is 0.304. The standard InChI is InChI=1S/C23H24N4O4S/c1-15-5-2-3-7-19(15)31-14-20-26-27-23(32-20)22(29)25-17-10-8-16(9-11-17)21(28)24-13-18-6-4-12-30-18/h2-3,5,7-11,18H,4,6,12-14H2,1H3,(H,24,28)(H,25,29)/t18-/m0/s1. The first-order valence-corrected chi connectivity index (χ1v) is 11.2. The fourth-order valence-electron chi connectivity index (χ4n) is 3.26. The number of rotatable bonds is 8. The van der Waals surface area contributed by atoms with E-state index in [1.807, 2.05) is 31.2 Å². The number of aryl methyl sites for hydroxylation is 1. The van der Waals surface area contributed by atoms with Crippen molar-refractivity contribution in [3.8, 4) is 5.75 Å². The van der Waals surface area contributed by atoms with Crippen LogP contribution in [0.3, 0.4) is 0 Å². The number of carbonyl (C=O) groups excluding carboxylic acids is 2. The molecule has 1 aromatic heterocycles. The number of hydrogen-bond donors (Lipinski definition) is 2. The lowest BCUT2D eigenvalue weighted by atomic mass is 10.2. The second-order valence-corrected chi connectivity index (χ2v) is 8.49. The lowest BCUT2D eigenvalue weighted by Gasteiger charge is -2.11. The summed E-state index contributed by atoms with van der Waals surface area (Å²) in [7, 11) is 0. The van der Waals surface area contributed by atoms with E-state index in [0.717, 1.165) is 30.8 Å². The Kier molecular flexibility index (Phi) is 7.08. The molecule has 0 unspecified atom stereocenters. The quantitative estimate of drug-likeness (QED) is 0.542. The van der Waals surface area contributed by atoms with Crippen LogP contribution in [0.15, 0.2) is 48.5 Å². The molecule has 3 aromatic rings. The Morgan fingerprint density at radius 1 is 1.12 bits per heavy atom. The summed E-state index contributed by atoms with van der Waals surface area (Å²) >= 11 is 1.18. The van der Waals surface area contributed by atoms with Crippen LogP contribution in [0.5, 0.6) is 5.75 Å². The first kappa shape index (κ1) is 21.9. The molecule has 4 rings (SSSR count). The predicted octanol–water partition coefficient (Wildman–Crippen LogP) is 3.59. The molecule has 1 fully saturated rings. The molecule has 0 saturated carbocycles. The monoisotopic (exact) mass is 452 g/mol. The summed E-state index contributed by atoms with van der Waals surface area (Å²) in [6, 6.07) is 14.4. The molecule has 0 radical (unpaired) electrons. The lowest BCUT2D eigenvalue weighted by molar-refractivity contribution is 0.0857. The maximum Gasteiger partial charge on any atom is 0.286 e. The van der Waals surface area contributed by atoms with E-state index in [1.165, 1.54) is 11.3 Å². The van der Waals surface area contributed by atoms with Gasteiger partial charge in [0.15, 0.2) is 5.01 Å². The van der Waals surface area contributed by atoms with E-state index < -0.39 is 0 Å². The summed E-state index contributed by atoms with van der Waals surface area (Å²) in [5, 5.41) is 14.5. The predicted molar refractivity (Wildman–Crippen MR) is 121 cm³/mol. The Balaban J connectivity index is 1.28. The van der Waals surface area contributed by atoms with Gasteiger partial charge in [0.05, 0.1) is 6.10 Å². The van der Waals surface area contributed by atoms with Crippen LogP contribution in [0.1, 0.15) is 43.6 Å². The Labute approximate surface area is 190 Å². The molecule has 1 atom stereocenters. The molecular formula is C23H24N4O4S. The summed E-state index contributed by atoms with van der Waals surface area (Å²) in [5.74, 6) is 0.245. The van der Waals surface area contributed by atoms with Crippen molar-refractivity contribution in [2.24, 2.45) is 0 Å². The van der Waals surface area contributed by atoms with Crippen LogP contribution in [0, 0.1) is 6.92 Å². The zero-order valence-corrected chi connectivity index (χ0v) is 18.5. The number of ether oxygens (including phenoxy) is 2. The third-order valence-corrected chi connectivity index (χ3v) is 5.92. The van der Waals surface area contributed by atoms with Gasteiger partial charge >= 0.3 is 0 Å². The van der Waals surface area contributed by atoms with Crippen LogP contribution in [0.25, 0.3) is 0 Å². The van der Waals surface area contributed by atoms with Gasteiger partial charge in [0.1, 0.15) is 12.4 Å². The average Bonchev–Trinajstić information content (AvgIpc) is 3.50. The zero-order valence-electron chi connectivity index (χ0n) is 17.7. The molecule has 2 amide bonds. The molecule has 166 valence electrons. The number of benzene rings is 2. The summed E-state index contributed by atoms with van der Waals surface area (Å²) < 4.78 is 11.3. The molecule has 0 aliphatic carbocycles. The Morgan fingerprint density at radius 3 is 2.69 bits per heavy atom. The highest BCUT2D eigenvalue weighted by Gasteiger charge is 2.17. The second-order valence-electron chi connectivity index (χ2n) is 7.43. The molecule has 0 spiro atoms. The van der Waals surface area contributed by atoms with Gasteiger partial charge in [-0.3, -0.25) is 9.59 Å². The van der Waals surface area contributed by atoms with Gasteiger partial charge in [0.2, 0.25) is 5.01 Å². The van der Waals surface area contributed by atoms with Gasteiger partial charge in [-0.25, -0.2) is 0 Å². The number of aromatic nitrogens is 2. The summed E-state index contributed by atoms with van der Waals surface area (Å²) in [5.41, 5.74) is 2.12. The van der Waals surface area contributed by atoms with E-state index in [2.05, 4.69) is 20.8 Å². The van der Waals surface area contributed by atoms with Crippen LogP contribution < -0.4 is 15.4 Å². The minimum atomic E-state index is -0.361. The van der Waals surface area contributed by atoms with Gasteiger partial charge in [0, 0.05) is 24.4 Å². The molecule has 2 aromatic carbocycles. The fourth-order valence-corrected chi connectivity index (χ4v) is 3.91. The van der Waals surface area contributed by atoms with Crippen LogP contribution >= 0.6 is 11.3 Å². The van der Waals surface area contributed by atoms with Crippen molar-refractivity contribution >= 4 is 28.8 Å². The SMILES string of the molecule is Cc1ccccc1OCc1nnc(C(=O)Nc2ccc(C(=O)NC[C@@H]3CCCO3)cc2)s1. The molecule has 8 nitrogen and oxygen atoms in total. The molecule has 32 heavy (non-hydrogen) atoms. The molecule has 2 N–H and O–H groups in total. The van der Waals surface area contributed by atoms with Crippen molar-refractivity contribution in [2.45, 2.75) is 32.5 Å². The van der Waals surface area contributed by atoms with Gasteiger partial charge in [-0.05, 0) is 55.7 Å². The number of nitrogens with one attached hydrogen (secondary N) is 2. The van der Waals surface area contributed by atoms with Gasteiger partial charge in [-0.1, -0.05) is 29.5 Å². The van der Waals surface area contributed by atoms with Crippen molar-refractivity contribution in [3.63, 3.8) is 0 Å². The lowest BCUT2D eigenvalue weighted by Crippen LogP contribution is -2.31. The largest absolute Gasteiger partial charge is 0.486 e. The zero-order chi connectivity index (χ0) is 22.3. The summed E-state index contributed by atoms with van der Waals surface area (Å²) in [6.07, 6.45) is 2.10. The molecule has 1 aliphatic heterocycles. The number of para-hydroxylation sites is 1. The van der Waals surface area contributed by atoms with Gasteiger partial charge in [0.25, 0.3) is 11.8 Å². The number of nitrogens with zero attached hydrogens (tertiary/aromatic N) is 2. The highest BCUT2D eigenvalue weighted by Crippen LogP contribution is 2.20.